The van der Waals surface area contributed by atoms with Crippen LogP contribution in [0.1, 0.15) is 16.9 Å². The van der Waals surface area contributed by atoms with Gasteiger partial charge in [0.15, 0.2) is 11.5 Å². The van der Waals surface area contributed by atoms with Crippen LogP contribution in [-0.4, -0.2) is 47.8 Å². The fraction of sp³-hybridized carbons (Fsp3) is 0.400. The van der Waals surface area contributed by atoms with Crippen LogP contribution in [0.2, 0.25) is 0 Å². The van der Waals surface area contributed by atoms with Gasteiger partial charge in [0.2, 0.25) is 5.91 Å². The van der Waals surface area contributed by atoms with Crippen molar-refractivity contribution in [3.63, 3.8) is 0 Å². The Kier molecular flexibility index (Phi) is 4.38. The number of anilines is 1. The summed E-state index contributed by atoms with van der Waals surface area (Å²) in [4.78, 5) is 23.3. The van der Waals surface area contributed by atoms with E-state index in [1.54, 1.807) is 25.1 Å². The lowest BCUT2D eigenvalue weighted by Crippen LogP contribution is -2.27. The van der Waals surface area contributed by atoms with E-state index in [9.17, 15) is 9.59 Å². The second kappa shape index (κ2) is 5.78. The smallest absolute Gasteiger partial charge is 0.356 e. The average Bonchev–Trinajstić information content (AvgIpc) is 2.35. The highest BCUT2D eigenvalue weighted by atomic mass is 16.4. The van der Waals surface area contributed by atoms with Crippen LogP contribution in [0.5, 0.6) is 0 Å². The Morgan fingerprint density at radius 2 is 2.12 bits per heavy atom. The zero-order valence-corrected chi connectivity index (χ0v) is 9.67. The molecule has 0 spiro atoms. The summed E-state index contributed by atoms with van der Waals surface area (Å²) >= 11 is 0. The Hall–Kier alpha value is -2.18. The number of carbonyl (C=O) groups excluding carboxylic acids is 1. The van der Waals surface area contributed by atoms with E-state index < -0.39 is 5.97 Å². The minimum atomic E-state index is -1.11. The summed E-state index contributed by atoms with van der Waals surface area (Å²) in [6.45, 7) is 0.487. The van der Waals surface area contributed by atoms with Crippen molar-refractivity contribution in [3.05, 3.63) is 17.8 Å². The molecule has 0 aromatic carbocycles. The molecule has 0 saturated carbocycles. The van der Waals surface area contributed by atoms with Crippen LogP contribution in [0, 0.1) is 0 Å². The summed E-state index contributed by atoms with van der Waals surface area (Å²) in [6, 6.07) is 2.93. The summed E-state index contributed by atoms with van der Waals surface area (Å²) in [7, 11) is 3.33. The van der Waals surface area contributed by atoms with Gasteiger partial charge in [-0.15, -0.1) is 10.2 Å². The fourth-order valence-corrected chi connectivity index (χ4v) is 1.15. The van der Waals surface area contributed by atoms with E-state index in [1.165, 1.54) is 6.07 Å². The highest BCUT2D eigenvalue weighted by Crippen LogP contribution is 2.07. The number of carboxylic acid groups (broad SMARTS) is 1. The summed E-state index contributed by atoms with van der Waals surface area (Å²) in [5.41, 5.74) is -0.103. The molecule has 0 atom stereocenters. The molecule has 17 heavy (non-hydrogen) atoms. The maximum absolute atomic E-state index is 11.0. The molecular formula is C10H14N4O3. The van der Waals surface area contributed by atoms with Gasteiger partial charge in [0, 0.05) is 27.1 Å². The molecule has 7 heteroatoms. The van der Waals surface area contributed by atoms with Crippen LogP contribution in [0.25, 0.3) is 0 Å². The lowest BCUT2D eigenvalue weighted by Gasteiger charge is -2.16. The molecule has 0 saturated heterocycles. The third kappa shape index (κ3) is 3.71. The predicted octanol–water partition coefficient (Wildman–Crippen LogP) is -0.253. The molecule has 92 valence electrons. The molecule has 1 rings (SSSR count). The first-order valence-electron chi connectivity index (χ1n) is 5.03. The Bertz CT molecular complexity index is 405. The zero-order chi connectivity index (χ0) is 12.8. The van der Waals surface area contributed by atoms with E-state index in [4.69, 9.17) is 5.11 Å². The topological polar surface area (TPSA) is 95.4 Å². The van der Waals surface area contributed by atoms with E-state index in [0.29, 0.717) is 18.8 Å². The molecule has 0 radical (unpaired) electrons. The minimum Gasteiger partial charge on any atom is -0.476 e. The average molecular weight is 238 g/mol. The first kappa shape index (κ1) is 12.9. The van der Waals surface area contributed by atoms with Gasteiger partial charge in [-0.1, -0.05) is 0 Å². The standard InChI is InChI=1S/C10H14N4O3/c1-11-9(15)5-6-14(2)8-4-3-7(10(16)17)12-13-8/h3-4H,5-6H2,1-2H3,(H,11,15)(H,16,17). The lowest BCUT2D eigenvalue weighted by atomic mass is 10.3. The Morgan fingerprint density at radius 3 is 2.59 bits per heavy atom. The van der Waals surface area contributed by atoms with E-state index in [1.807, 2.05) is 0 Å². The van der Waals surface area contributed by atoms with E-state index in [-0.39, 0.29) is 11.6 Å². The van der Waals surface area contributed by atoms with Gasteiger partial charge in [-0.2, -0.15) is 0 Å². The van der Waals surface area contributed by atoms with Gasteiger partial charge < -0.3 is 15.3 Å². The van der Waals surface area contributed by atoms with Crippen LogP contribution >= 0.6 is 0 Å². The molecule has 0 aliphatic rings. The summed E-state index contributed by atoms with van der Waals surface area (Å²) in [5.74, 6) is -0.650. The highest BCUT2D eigenvalue weighted by molar-refractivity contribution is 5.85. The van der Waals surface area contributed by atoms with Gasteiger partial charge >= 0.3 is 5.97 Å². The van der Waals surface area contributed by atoms with Gasteiger partial charge in [0.1, 0.15) is 0 Å². The van der Waals surface area contributed by atoms with Gasteiger partial charge in [0.25, 0.3) is 0 Å². The molecule has 0 aliphatic carbocycles. The predicted molar refractivity (Wildman–Crippen MR) is 60.9 cm³/mol. The quantitative estimate of drug-likeness (QED) is 0.734. The van der Waals surface area contributed by atoms with Crippen LogP contribution < -0.4 is 10.2 Å². The third-order valence-electron chi connectivity index (χ3n) is 2.21. The molecule has 1 aromatic heterocycles. The number of carboxylic acids is 1. The minimum absolute atomic E-state index is 0.0630. The number of hydrogen-bond acceptors (Lipinski definition) is 5. The number of nitrogens with one attached hydrogen (secondary N) is 1. The van der Waals surface area contributed by atoms with E-state index in [2.05, 4.69) is 15.5 Å². The largest absolute Gasteiger partial charge is 0.476 e. The fourth-order valence-electron chi connectivity index (χ4n) is 1.15. The number of carbonyl (C=O) groups is 2. The number of aromatic carboxylic acids is 1. The first-order chi connectivity index (χ1) is 8.04. The molecule has 1 heterocycles. The Morgan fingerprint density at radius 1 is 1.41 bits per heavy atom. The highest BCUT2D eigenvalue weighted by Gasteiger charge is 2.08. The second-order valence-electron chi connectivity index (χ2n) is 3.43. The third-order valence-corrected chi connectivity index (χ3v) is 2.21. The monoisotopic (exact) mass is 238 g/mol. The van der Waals surface area contributed by atoms with Crippen molar-refractivity contribution >= 4 is 17.7 Å². The van der Waals surface area contributed by atoms with Crippen molar-refractivity contribution in [2.75, 3.05) is 25.5 Å². The number of hydrogen-bond donors (Lipinski definition) is 2. The second-order valence-corrected chi connectivity index (χ2v) is 3.43. The lowest BCUT2D eigenvalue weighted by molar-refractivity contribution is -0.120. The van der Waals surface area contributed by atoms with Gasteiger partial charge in [0.05, 0.1) is 0 Å². The maximum Gasteiger partial charge on any atom is 0.356 e. The van der Waals surface area contributed by atoms with Crippen LogP contribution in [0.15, 0.2) is 12.1 Å². The Labute approximate surface area is 98.5 Å². The number of amides is 1. The molecule has 0 unspecified atom stereocenters. The van der Waals surface area contributed by atoms with Gasteiger partial charge in [-0.05, 0) is 12.1 Å². The van der Waals surface area contributed by atoms with Crippen molar-refractivity contribution < 1.29 is 14.7 Å². The van der Waals surface area contributed by atoms with E-state index >= 15 is 0 Å². The molecule has 7 nitrogen and oxygen atoms in total. The molecule has 1 amide bonds. The maximum atomic E-state index is 11.0. The number of aromatic nitrogens is 2. The molecule has 2 N–H and O–H groups in total. The number of nitrogens with zero attached hydrogens (tertiary/aromatic N) is 3. The van der Waals surface area contributed by atoms with Crippen molar-refractivity contribution in [2.45, 2.75) is 6.42 Å². The van der Waals surface area contributed by atoms with Gasteiger partial charge in [-0.3, -0.25) is 4.79 Å². The van der Waals surface area contributed by atoms with Gasteiger partial charge in [-0.25, -0.2) is 4.79 Å². The number of rotatable bonds is 5. The van der Waals surface area contributed by atoms with Crippen LogP contribution in [0.3, 0.4) is 0 Å². The normalized spacial score (nSPS) is 9.76. The van der Waals surface area contributed by atoms with Crippen molar-refractivity contribution in [1.82, 2.24) is 15.5 Å². The molecule has 0 aliphatic heterocycles. The molecule has 1 aromatic rings. The Balaban J connectivity index is 2.60. The molecule has 0 fully saturated rings. The first-order valence-corrected chi connectivity index (χ1v) is 5.03. The summed E-state index contributed by atoms with van der Waals surface area (Å²) in [6.07, 6.45) is 0.343. The van der Waals surface area contributed by atoms with Crippen LogP contribution in [-0.2, 0) is 4.79 Å². The summed E-state index contributed by atoms with van der Waals surface area (Å²) < 4.78 is 0. The van der Waals surface area contributed by atoms with Crippen LogP contribution in [0.4, 0.5) is 5.82 Å². The van der Waals surface area contributed by atoms with Crippen molar-refractivity contribution in [1.29, 1.82) is 0 Å². The molecular weight excluding hydrogens is 224 g/mol. The molecule has 0 bridgehead atoms. The van der Waals surface area contributed by atoms with Crippen molar-refractivity contribution in [3.8, 4) is 0 Å². The zero-order valence-electron chi connectivity index (χ0n) is 9.67. The van der Waals surface area contributed by atoms with E-state index in [0.717, 1.165) is 0 Å². The summed E-state index contributed by atoms with van der Waals surface area (Å²) in [5, 5.41) is 18.5. The van der Waals surface area contributed by atoms with Crippen molar-refractivity contribution in [2.24, 2.45) is 0 Å². The SMILES string of the molecule is CNC(=O)CCN(C)c1ccc(C(=O)O)nn1.